The molecule has 3 aromatic heterocycles. The molecular weight excluding hydrogens is 759 g/mol. The first kappa shape index (κ1) is 36.6. The minimum atomic E-state index is -5.18. The number of anilines is 3. The smallest absolute Gasteiger partial charge is 0.420 e. The predicted molar refractivity (Wildman–Crippen MR) is 200 cm³/mol. The van der Waals surface area contributed by atoms with Crippen molar-refractivity contribution in [1.29, 1.82) is 5.26 Å². The molecule has 10 nitrogen and oxygen atoms in total. The van der Waals surface area contributed by atoms with Crippen molar-refractivity contribution in [1.82, 2.24) is 19.9 Å². The number of thiophene rings is 1. The van der Waals surface area contributed by atoms with Crippen LogP contribution in [0, 0.1) is 23.0 Å². The second kappa shape index (κ2) is 13.5. The molecule has 56 heavy (non-hydrogen) atoms. The first-order chi connectivity index (χ1) is 26.9. The summed E-state index contributed by atoms with van der Waals surface area (Å²) in [5, 5.41) is 9.26. The van der Waals surface area contributed by atoms with Gasteiger partial charge < -0.3 is 25.8 Å². The highest BCUT2D eigenvalue weighted by Crippen LogP contribution is 2.55. The maximum Gasteiger partial charge on any atom is 0.420 e. The molecule has 292 valence electrons. The van der Waals surface area contributed by atoms with Crippen LogP contribution >= 0.6 is 11.3 Å². The first-order valence-electron chi connectivity index (χ1n) is 18.5. The molecule has 4 atom stereocenters. The highest BCUT2D eigenvalue weighted by Gasteiger charge is 2.49. The summed E-state index contributed by atoms with van der Waals surface area (Å²) in [7, 11) is 1.28. The Labute approximate surface area is 321 Å². The number of fused-ring (bicyclic) bond motifs is 3. The monoisotopic (exact) mass is 794 g/mol. The number of nitrogens with two attached hydrogens (primary N) is 2. The van der Waals surface area contributed by atoms with Gasteiger partial charge in [-0.1, -0.05) is 6.07 Å². The van der Waals surface area contributed by atoms with E-state index >= 15 is 17.6 Å². The van der Waals surface area contributed by atoms with Crippen LogP contribution in [-0.4, -0.2) is 71.0 Å². The van der Waals surface area contributed by atoms with Gasteiger partial charge in [0.05, 0.1) is 28.8 Å². The summed E-state index contributed by atoms with van der Waals surface area (Å²) < 4.78 is 102. The van der Waals surface area contributed by atoms with E-state index in [1.54, 1.807) is 6.20 Å². The molecule has 0 bridgehead atoms. The molecule has 0 radical (unpaired) electrons. The molecule has 5 aliphatic rings. The molecule has 10 rings (SSSR count). The van der Waals surface area contributed by atoms with Crippen molar-refractivity contribution in [2.45, 2.75) is 81.3 Å². The number of methoxy groups -OCH3 is 1. The van der Waals surface area contributed by atoms with Crippen LogP contribution in [0.5, 0.6) is 11.8 Å². The van der Waals surface area contributed by atoms with E-state index in [-0.39, 0.29) is 62.0 Å². The van der Waals surface area contributed by atoms with E-state index in [1.807, 2.05) is 17.0 Å². The number of benzene rings is 2. The number of nitrogen functional groups attached to an aromatic ring is 2. The summed E-state index contributed by atoms with van der Waals surface area (Å²) in [6.45, 7) is 1.64. The number of alkyl halides is 4. The summed E-state index contributed by atoms with van der Waals surface area (Å²) in [5.74, 6) is -2.71. The molecule has 2 saturated heterocycles. The average molecular weight is 795 g/mol. The van der Waals surface area contributed by atoms with Crippen LogP contribution in [0.2, 0.25) is 0 Å². The van der Waals surface area contributed by atoms with Gasteiger partial charge in [0.2, 0.25) is 0 Å². The van der Waals surface area contributed by atoms with E-state index in [2.05, 4.69) is 19.9 Å². The minimum absolute atomic E-state index is 0.0560. The van der Waals surface area contributed by atoms with Crippen molar-refractivity contribution in [2.75, 3.05) is 43.2 Å². The molecule has 2 aliphatic carbocycles. The Hall–Kier alpha value is -5.08. The summed E-state index contributed by atoms with van der Waals surface area (Å²) in [6, 6.07) is 5.35. The third-order valence-corrected chi connectivity index (χ3v) is 12.8. The molecule has 3 fully saturated rings. The SMILES string of the molecule is COc1nc2c3c(c(C(F)(F)F)c(-c4ccc(F)c5sc(N)c(C#N)c45)c(F)c3n1)OCC(C1CCc3ccnc(N)c31)N2C1CC1.FC1CC2CCCN2C1. The molecule has 17 heteroatoms. The average Bonchev–Trinajstić information content (AvgIpc) is 3.43. The fourth-order valence-corrected chi connectivity index (χ4v) is 10.2. The summed E-state index contributed by atoms with van der Waals surface area (Å²) in [6.07, 6.45) is 2.06. The van der Waals surface area contributed by atoms with Gasteiger partial charge in [0.15, 0.2) is 5.82 Å². The quantitative estimate of drug-likeness (QED) is 0.173. The van der Waals surface area contributed by atoms with Crippen molar-refractivity contribution in [3.63, 3.8) is 0 Å². The molecule has 2 aromatic carbocycles. The first-order valence-corrected chi connectivity index (χ1v) is 19.3. The van der Waals surface area contributed by atoms with Gasteiger partial charge in [-0.25, -0.2) is 18.2 Å². The molecule has 4 unspecified atom stereocenters. The van der Waals surface area contributed by atoms with E-state index in [9.17, 15) is 14.0 Å². The highest BCUT2D eigenvalue weighted by atomic mass is 32.1. The lowest BCUT2D eigenvalue weighted by Crippen LogP contribution is -2.44. The van der Waals surface area contributed by atoms with E-state index < -0.39 is 52.4 Å². The second-order valence-corrected chi connectivity index (χ2v) is 16.0. The Morgan fingerprint density at radius 3 is 2.57 bits per heavy atom. The summed E-state index contributed by atoms with van der Waals surface area (Å²) in [5.41, 5.74) is 10.7. The van der Waals surface area contributed by atoms with Crippen molar-refractivity contribution in [3.05, 3.63) is 58.3 Å². The number of aromatic nitrogens is 3. The molecule has 4 N–H and O–H groups in total. The lowest BCUT2D eigenvalue weighted by Gasteiger charge is -2.35. The number of hydrogen-bond donors (Lipinski definition) is 2. The number of hydrogen-bond acceptors (Lipinski definition) is 11. The number of pyridine rings is 1. The number of nitriles is 1. The van der Waals surface area contributed by atoms with Gasteiger partial charge in [-0.2, -0.15) is 28.4 Å². The van der Waals surface area contributed by atoms with Crippen LogP contribution in [0.3, 0.4) is 0 Å². The maximum atomic E-state index is 17.0. The number of nitrogens with zero attached hydrogens (tertiary/aromatic N) is 6. The normalized spacial score (nSPS) is 23.0. The largest absolute Gasteiger partial charge is 0.490 e. The van der Waals surface area contributed by atoms with E-state index in [1.165, 1.54) is 20.0 Å². The number of halogens is 6. The zero-order chi connectivity index (χ0) is 39.2. The third-order valence-electron chi connectivity index (χ3n) is 11.7. The molecule has 5 aromatic rings. The standard InChI is InChI=1S/C32H24F5N7O2S.C7H12FN/c1-45-31-42-25-22-26(23(32(35,36)37)21(24(25)34)15-6-7-17(33)27-20(15)16(10-38)29(40)47-27)46-11-18(44(13-3-4-13)30(22)43-31)14-5-2-12-8-9-41-28(39)19(12)14;8-6-4-7-2-1-3-9(7)5-6/h6-9,13-14,18H,2-5,11,40H2,1H3,(H2,39,41);6-7H,1-5H2. The Morgan fingerprint density at radius 2 is 1.86 bits per heavy atom. The Kier molecular flexibility index (Phi) is 8.84. The second-order valence-electron chi connectivity index (χ2n) is 15.0. The minimum Gasteiger partial charge on any atom is -0.490 e. The zero-order valence-corrected chi connectivity index (χ0v) is 30.9. The number of ether oxygens (including phenoxy) is 2. The topological polar surface area (TPSA) is 139 Å². The van der Waals surface area contributed by atoms with Crippen LogP contribution in [0.1, 0.15) is 66.7 Å². The zero-order valence-electron chi connectivity index (χ0n) is 30.1. The molecule has 3 aliphatic heterocycles. The lowest BCUT2D eigenvalue weighted by molar-refractivity contribution is -0.138. The maximum absolute atomic E-state index is 17.0. The van der Waals surface area contributed by atoms with E-state index in [0.29, 0.717) is 42.6 Å². The fraction of sp³-hybridized carbons (Fsp3) is 0.436. The molecule has 0 amide bonds. The third kappa shape index (κ3) is 5.82. The van der Waals surface area contributed by atoms with Crippen LogP contribution in [-0.2, 0) is 12.6 Å². The number of aryl methyl sites for hydroxylation is 1. The van der Waals surface area contributed by atoms with Crippen molar-refractivity contribution in [2.24, 2.45) is 0 Å². The summed E-state index contributed by atoms with van der Waals surface area (Å²) in [4.78, 5) is 17.2. The Bertz CT molecular complexity index is 2440. The van der Waals surface area contributed by atoms with Crippen LogP contribution in [0.15, 0.2) is 24.4 Å². The van der Waals surface area contributed by atoms with Gasteiger partial charge in [0.1, 0.15) is 58.1 Å². The van der Waals surface area contributed by atoms with Gasteiger partial charge in [0.25, 0.3) is 0 Å². The molecule has 6 heterocycles. The van der Waals surface area contributed by atoms with Gasteiger partial charge in [-0.15, -0.1) is 11.3 Å². The number of rotatable bonds is 4. The van der Waals surface area contributed by atoms with Crippen LogP contribution < -0.4 is 25.8 Å². The van der Waals surface area contributed by atoms with Crippen molar-refractivity contribution < 1.29 is 35.8 Å². The van der Waals surface area contributed by atoms with Crippen molar-refractivity contribution in [3.8, 4) is 29.0 Å². The lowest BCUT2D eigenvalue weighted by atomic mass is 9.91. The summed E-state index contributed by atoms with van der Waals surface area (Å²) >= 11 is 0.693. The van der Waals surface area contributed by atoms with Gasteiger partial charge in [0, 0.05) is 47.3 Å². The highest BCUT2D eigenvalue weighted by molar-refractivity contribution is 7.23. The molecule has 0 spiro atoms. The van der Waals surface area contributed by atoms with Crippen molar-refractivity contribution >= 4 is 49.0 Å². The van der Waals surface area contributed by atoms with Gasteiger partial charge in [-0.3, -0.25) is 4.90 Å². The predicted octanol–water partition coefficient (Wildman–Crippen LogP) is 7.90. The van der Waals surface area contributed by atoms with E-state index in [0.717, 1.165) is 49.1 Å². The van der Waals surface area contributed by atoms with Gasteiger partial charge >= 0.3 is 12.2 Å². The Balaban J connectivity index is 0.000000398. The molecular formula is C39H36F6N8O2S. The van der Waals surface area contributed by atoms with Crippen LogP contribution in [0.25, 0.3) is 32.1 Å². The fourth-order valence-electron chi connectivity index (χ4n) is 9.27. The molecule has 1 saturated carbocycles. The van der Waals surface area contributed by atoms with Crippen LogP contribution in [0.4, 0.5) is 43.0 Å². The van der Waals surface area contributed by atoms with E-state index in [4.69, 9.17) is 20.9 Å². The Morgan fingerprint density at radius 1 is 1.05 bits per heavy atom. The van der Waals surface area contributed by atoms with Gasteiger partial charge in [-0.05, 0) is 74.8 Å².